The third kappa shape index (κ3) is 1.82. The summed E-state index contributed by atoms with van der Waals surface area (Å²) in [5.74, 6) is -0.217. The number of nitrogens with zero attached hydrogens (tertiary/aromatic N) is 2. The topological polar surface area (TPSA) is 67.2 Å². The summed E-state index contributed by atoms with van der Waals surface area (Å²) >= 11 is 0. The van der Waals surface area contributed by atoms with E-state index in [0.29, 0.717) is 12.3 Å². The first kappa shape index (κ1) is 11.7. The number of hydrogen-bond acceptors (Lipinski definition) is 3. The maximum absolute atomic E-state index is 11.3. The fourth-order valence-corrected chi connectivity index (χ4v) is 3.34. The lowest BCUT2D eigenvalue weighted by Gasteiger charge is -2.32. The van der Waals surface area contributed by atoms with Gasteiger partial charge < -0.3 is 9.67 Å². The maximum Gasteiger partial charge on any atom is 0.321 e. The number of fused-ring (bicyclic) bond motifs is 1. The molecule has 1 aliphatic heterocycles. The maximum atomic E-state index is 11.3. The number of carbonyl (C=O) groups is 1. The van der Waals surface area contributed by atoms with Gasteiger partial charge in [-0.05, 0) is 18.8 Å². The number of aryl methyl sites for hydroxylation is 1. The van der Waals surface area contributed by atoms with Crippen LogP contribution in [-0.4, -0.2) is 26.7 Å². The van der Waals surface area contributed by atoms with E-state index < -0.39 is 12.0 Å². The van der Waals surface area contributed by atoms with Gasteiger partial charge in [0, 0.05) is 19.2 Å². The number of nitrogens with one attached hydrogen (secondary N) is 1. The Bertz CT molecular complexity index is 463. The zero-order chi connectivity index (χ0) is 12.7. The summed E-state index contributed by atoms with van der Waals surface area (Å²) in [4.78, 5) is 15.7. The molecule has 1 aliphatic carbocycles. The highest BCUT2D eigenvalue weighted by atomic mass is 16.4. The van der Waals surface area contributed by atoms with Crippen LogP contribution in [0.2, 0.25) is 0 Å². The third-order valence-electron chi connectivity index (χ3n) is 4.33. The summed E-state index contributed by atoms with van der Waals surface area (Å²) < 4.78 is 1.97. The van der Waals surface area contributed by atoms with Crippen molar-refractivity contribution < 1.29 is 9.90 Å². The Hall–Kier alpha value is -1.36. The molecule has 2 heterocycles. The summed E-state index contributed by atoms with van der Waals surface area (Å²) in [6, 6.07) is -0.350. The molecule has 1 aromatic rings. The largest absolute Gasteiger partial charge is 0.480 e. The molecule has 2 unspecified atom stereocenters. The van der Waals surface area contributed by atoms with E-state index in [1.165, 1.54) is 25.7 Å². The lowest BCUT2D eigenvalue weighted by atomic mass is 9.88. The highest BCUT2D eigenvalue weighted by molar-refractivity contribution is 5.74. The highest BCUT2D eigenvalue weighted by Gasteiger charge is 2.38. The minimum atomic E-state index is -0.759. The zero-order valence-corrected chi connectivity index (χ0v) is 10.6. The van der Waals surface area contributed by atoms with Gasteiger partial charge in [0.25, 0.3) is 0 Å². The quantitative estimate of drug-likeness (QED) is 0.828. The molecular formula is C13H19N3O2. The number of imidazole rings is 1. The Morgan fingerprint density at radius 1 is 1.50 bits per heavy atom. The van der Waals surface area contributed by atoms with Gasteiger partial charge in [0.1, 0.15) is 6.04 Å². The van der Waals surface area contributed by atoms with Crippen LogP contribution >= 0.6 is 0 Å². The molecule has 5 nitrogen and oxygen atoms in total. The Balaban J connectivity index is 1.94. The van der Waals surface area contributed by atoms with Gasteiger partial charge in [0.05, 0.1) is 18.1 Å². The fraction of sp³-hybridized carbons (Fsp3) is 0.692. The van der Waals surface area contributed by atoms with Gasteiger partial charge in [-0.25, -0.2) is 4.98 Å². The van der Waals surface area contributed by atoms with Crippen LogP contribution in [0.3, 0.4) is 0 Å². The lowest BCUT2D eigenvalue weighted by molar-refractivity contribution is -0.140. The summed E-state index contributed by atoms with van der Waals surface area (Å²) in [5.41, 5.74) is 2.15. The number of carboxylic acids is 1. The predicted octanol–water partition coefficient (Wildman–Crippen LogP) is 1.25. The normalized spacial score (nSPS) is 28.3. The molecule has 0 saturated heterocycles. The highest BCUT2D eigenvalue weighted by Crippen LogP contribution is 2.38. The average Bonchev–Trinajstić information content (AvgIpc) is 2.98. The van der Waals surface area contributed by atoms with Crippen molar-refractivity contribution >= 4 is 5.97 Å². The molecule has 98 valence electrons. The second-order valence-corrected chi connectivity index (χ2v) is 5.47. The van der Waals surface area contributed by atoms with E-state index in [4.69, 9.17) is 0 Å². The summed E-state index contributed by atoms with van der Waals surface area (Å²) in [6.45, 7) is 0. The van der Waals surface area contributed by atoms with E-state index in [-0.39, 0.29) is 6.04 Å². The SMILES string of the molecule is Cn1cnc2c1CC(C(=O)O)NC2C1CCCC1. The van der Waals surface area contributed by atoms with E-state index >= 15 is 0 Å². The standard InChI is InChI=1S/C13H19N3O2/c1-16-7-14-12-10(16)6-9(13(17)18)15-11(12)8-4-2-3-5-8/h7-9,11,15H,2-6H2,1H3,(H,17,18). The molecule has 2 N–H and O–H groups in total. The molecule has 2 aliphatic rings. The van der Waals surface area contributed by atoms with E-state index in [9.17, 15) is 9.90 Å². The fourth-order valence-electron chi connectivity index (χ4n) is 3.34. The van der Waals surface area contributed by atoms with E-state index in [2.05, 4.69) is 10.3 Å². The molecule has 2 atom stereocenters. The molecule has 18 heavy (non-hydrogen) atoms. The van der Waals surface area contributed by atoms with E-state index in [1.807, 2.05) is 11.6 Å². The minimum Gasteiger partial charge on any atom is -0.480 e. The van der Waals surface area contributed by atoms with Gasteiger partial charge >= 0.3 is 5.97 Å². The number of hydrogen-bond donors (Lipinski definition) is 2. The number of aliphatic carboxylic acids is 1. The van der Waals surface area contributed by atoms with Crippen molar-refractivity contribution in [1.29, 1.82) is 0 Å². The monoisotopic (exact) mass is 249 g/mol. The van der Waals surface area contributed by atoms with Crippen LogP contribution < -0.4 is 5.32 Å². The average molecular weight is 249 g/mol. The molecule has 1 aromatic heterocycles. The van der Waals surface area contributed by atoms with Gasteiger partial charge in [-0.3, -0.25) is 10.1 Å². The first-order chi connectivity index (χ1) is 8.66. The van der Waals surface area contributed by atoms with Crippen LogP contribution in [0.15, 0.2) is 6.33 Å². The number of carboxylic acid groups (broad SMARTS) is 1. The molecule has 1 saturated carbocycles. The van der Waals surface area contributed by atoms with E-state index in [0.717, 1.165) is 11.4 Å². The smallest absolute Gasteiger partial charge is 0.321 e. The number of rotatable bonds is 2. The van der Waals surface area contributed by atoms with Crippen LogP contribution in [0, 0.1) is 5.92 Å². The molecule has 1 fully saturated rings. The first-order valence-corrected chi connectivity index (χ1v) is 6.65. The third-order valence-corrected chi connectivity index (χ3v) is 4.33. The van der Waals surface area contributed by atoms with Gasteiger partial charge in [-0.15, -0.1) is 0 Å². The van der Waals surface area contributed by atoms with Crippen molar-refractivity contribution in [3.8, 4) is 0 Å². The number of aromatic nitrogens is 2. The Morgan fingerprint density at radius 2 is 2.22 bits per heavy atom. The predicted molar refractivity (Wildman–Crippen MR) is 66.2 cm³/mol. The minimum absolute atomic E-state index is 0.124. The van der Waals surface area contributed by atoms with E-state index in [1.54, 1.807) is 6.33 Å². The van der Waals surface area contributed by atoms with Crippen LogP contribution in [-0.2, 0) is 18.3 Å². The first-order valence-electron chi connectivity index (χ1n) is 6.65. The summed E-state index contributed by atoms with van der Waals surface area (Å²) in [6.07, 6.45) is 7.20. The molecular weight excluding hydrogens is 230 g/mol. The van der Waals surface area contributed by atoms with Crippen molar-refractivity contribution in [2.24, 2.45) is 13.0 Å². The molecule has 3 rings (SSSR count). The molecule has 0 aromatic carbocycles. The van der Waals surface area contributed by atoms with Gasteiger partial charge in [-0.1, -0.05) is 12.8 Å². The van der Waals surface area contributed by atoms with Crippen LogP contribution in [0.1, 0.15) is 43.1 Å². The van der Waals surface area contributed by atoms with Gasteiger partial charge in [0.15, 0.2) is 0 Å². The Kier molecular flexibility index (Phi) is 2.86. The Labute approximate surface area is 106 Å². The van der Waals surface area contributed by atoms with Crippen molar-refractivity contribution in [2.75, 3.05) is 0 Å². The Morgan fingerprint density at radius 3 is 2.89 bits per heavy atom. The molecule has 0 spiro atoms. The van der Waals surface area contributed by atoms with Crippen molar-refractivity contribution in [3.63, 3.8) is 0 Å². The molecule has 0 radical (unpaired) electrons. The van der Waals surface area contributed by atoms with Gasteiger partial charge in [0.2, 0.25) is 0 Å². The zero-order valence-electron chi connectivity index (χ0n) is 10.6. The molecule has 5 heteroatoms. The van der Waals surface area contributed by atoms with Crippen molar-refractivity contribution in [3.05, 3.63) is 17.7 Å². The second kappa shape index (κ2) is 4.39. The van der Waals surface area contributed by atoms with Crippen LogP contribution in [0.25, 0.3) is 0 Å². The molecule has 0 bridgehead atoms. The second-order valence-electron chi connectivity index (χ2n) is 5.47. The van der Waals surface area contributed by atoms with Crippen molar-refractivity contribution in [1.82, 2.24) is 14.9 Å². The summed E-state index contributed by atoms with van der Waals surface area (Å²) in [5, 5.41) is 12.5. The van der Waals surface area contributed by atoms with Crippen LogP contribution in [0.5, 0.6) is 0 Å². The molecule has 0 amide bonds. The van der Waals surface area contributed by atoms with Crippen molar-refractivity contribution in [2.45, 2.75) is 44.2 Å². The van der Waals surface area contributed by atoms with Crippen LogP contribution in [0.4, 0.5) is 0 Å². The summed E-state index contributed by atoms with van der Waals surface area (Å²) in [7, 11) is 1.95. The van der Waals surface area contributed by atoms with Gasteiger partial charge in [-0.2, -0.15) is 0 Å². The lowest BCUT2D eigenvalue weighted by Crippen LogP contribution is -2.47.